The molecule has 2 heterocycles. The van der Waals surface area contributed by atoms with Crippen LogP contribution in [0.2, 0.25) is 5.02 Å². The summed E-state index contributed by atoms with van der Waals surface area (Å²) in [6, 6.07) is 19.2. The highest BCUT2D eigenvalue weighted by molar-refractivity contribution is 6.32. The van der Waals surface area contributed by atoms with Gasteiger partial charge in [-0.15, -0.1) is 0 Å². The second-order valence-electron chi connectivity index (χ2n) is 10.4. The molecule has 5 rings (SSSR count). The van der Waals surface area contributed by atoms with E-state index >= 15 is 0 Å². The lowest BCUT2D eigenvalue weighted by Gasteiger charge is -2.13. The number of ether oxygens (including phenoxy) is 2. The first-order chi connectivity index (χ1) is 21.4. The number of benzene rings is 3. The minimum Gasteiger partial charge on any atom is -0.496 e. The number of unbranched alkanes of at least 4 members (excludes halogenated alkanes) is 3. The van der Waals surface area contributed by atoms with Crippen LogP contribution < -0.4 is 14.8 Å². The van der Waals surface area contributed by atoms with Crippen molar-refractivity contribution in [2.24, 2.45) is 0 Å². The Morgan fingerprint density at radius 3 is 2.66 bits per heavy atom. The van der Waals surface area contributed by atoms with E-state index in [9.17, 15) is 9.18 Å². The van der Waals surface area contributed by atoms with Crippen molar-refractivity contribution in [2.45, 2.75) is 45.1 Å². The molecule has 0 spiro atoms. The average molecular weight is 618 g/mol. The third kappa shape index (κ3) is 7.92. The quantitative estimate of drug-likeness (QED) is 0.114. The number of carbonyl (C=O) groups is 1. The van der Waals surface area contributed by atoms with Gasteiger partial charge in [-0.1, -0.05) is 36.6 Å². The summed E-state index contributed by atoms with van der Waals surface area (Å²) in [5, 5.41) is 13.3. The van der Waals surface area contributed by atoms with Crippen molar-refractivity contribution >= 4 is 39.8 Å². The number of Topliss-reactive ketones (excluding diaryl/α,β-unsaturated/α-hetero) is 1. The minimum atomic E-state index is -0.381. The lowest BCUT2D eigenvalue weighted by molar-refractivity contribution is -0.121. The van der Waals surface area contributed by atoms with Crippen LogP contribution in [-0.2, 0) is 17.8 Å². The molecule has 0 aliphatic carbocycles. The van der Waals surface area contributed by atoms with E-state index in [0.717, 1.165) is 48.8 Å². The molecule has 3 aromatic carbocycles. The fraction of sp³-hybridized carbons (Fsp3) is 0.265. The number of aromatic nitrogens is 2. The van der Waals surface area contributed by atoms with Gasteiger partial charge in [0.05, 0.1) is 23.2 Å². The zero-order chi connectivity index (χ0) is 30.9. The number of anilines is 2. The van der Waals surface area contributed by atoms with Crippen LogP contribution >= 0.6 is 11.6 Å². The van der Waals surface area contributed by atoms with E-state index in [4.69, 9.17) is 30.6 Å². The minimum absolute atomic E-state index is 0.112. The van der Waals surface area contributed by atoms with Gasteiger partial charge in [0.2, 0.25) is 0 Å². The first kappa shape index (κ1) is 31.0. The van der Waals surface area contributed by atoms with Gasteiger partial charge in [0.1, 0.15) is 54.2 Å². The fourth-order valence-electron chi connectivity index (χ4n) is 4.88. The number of aliphatic hydroxyl groups is 1. The summed E-state index contributed by atoms with van der Waals surface area (Å²) in [6.45, 7) is -0.193. The highest BCUT2D eigenvalue weighted by atomic mass is 35.5. The Morgan fingerprint density at radius 1 is 1.00 bits per heavy atom. The molecule has 0 unspecified atom stereocenters. The molecular weight excluding hydrogens is 585 g/mol. The predicted octanol–water partition coefficient (Wildman–Crippen LogP) is 8.07. The number of rotatable bonds is 15. The number of fused-ring (bicyclic) bond motifs is 1. The summed E-state index contributed by atoms with van der Waals surface area (Å²) in [7, 11) is 1.61. The summed E-state index contributed by atoms with van der Waals surface area (Å²) in [5.74, 6) is 2.79. The number of aryl methyl sites for hydroxylation is 1. The van der Waals surface area contributed by atoms with Crippen LogP contribution in [0, 0.1) is 5.82 Å². The fourth-order valence-corrected chi connectivity index (χ4v) is 5.11. The van der Waals surface area contributed by atoms with Crippen LogP contribution in [0.3, 0.4) is 0 Å². The molecule has 0 aliphatic rings. The van der Waals surface area contributed by atoms with E-state index in [0.29, 0.717) is 51.3 Å². The highest BCUT2D eigenvalue weighted by Gasteiger charge is 2.16. The number of ketones is 1. The van der Waals surface area contributed by atoms with Gasteiger partial charge in [-0.3, -0.25) is 4.79 Å². The number of hydrogen-bond donors (Lipinski definition) is 2. The molecule has 228 valence electrons. The van der Waals surface area contributed by atoms with E-state index in [-0.39, 0.29) is 24.8 Å². The molecule has 0 amide bonds. The molecule has 44 heavy (non-hydrogen) atoms. The van der Waals surface area contributed by atoms with Gasteiger partial charge >= 0.3 is 0 Å². The van der Waals surface area contributed by atoms with Crippen molar-refractivity contribution in [1.82, 2.24) is 9.97 Å². The van der Waals surface area contributed by atoms with Gasteiger partial charge < -0.3 is 24.3 Å². The molecule has 2 aromatic heterocycles. The van der Waals surface area contributed by atoms with Crippen LogP contribution in [0.25, 0.3) is 22.2 Å². The Balaban J connectivity index is 1.29. The summed E-state index contributed by atoms with van der Waals surface area (Å²) < 4.78 is 31.2. The summed E-state index contributed by atoms with van der Waals surface area (Å²) in [6.07, 6.45) is 6.32. The summed E-state index contributed by atoms with van der Waals surface area (Å²) in [5.41, 5.74) is 2.86. The van der Waals surface area contributed by atoms with Crippen LogP contribution in [0.1, 0.15) is 43.4 Å². The Labute approximate surface area is 259 Å². The maximum Gasteiger partial charge on any atom is 0.158 e. The lowest BCUT2D eigenvalue weighted by atomic mass is 10.1. The van der Waals surface area contributed by atoms with Crippen LogP contribution in [0.15, 0.2) is 77.5 Å². The standard InChI is InChI=1S/C34H33ClFN3O5/c1-42-33-18-30-27(17-28(33)31-14-12-26(44-31)10-5-3-2-4-9-25(41)19-40)34(38-21-37-30)39-24-11-13-32(29(35)16-24)43-20-22-7-6-8-23(36)15-22/h6-8,11-18,21,40H,2-5,9-10,19-20H2,1H3,(H,37,38,39). The van der Waals surface area contributed by atoms with Gasteiger partial charge in [0, 0.05) is 30.0 Å². The maximum atomic E-state index is 13.5. The molecule has 8 nitrogen and oxygen atoms in total. The second kappa shape index (κ2) is 14.8. The maximum absolute atomic E-state index is 13.5. The average Bonchev–Trinajstić information content (AvgIpc) is 3.50. The van der Waals surface area contributed by atoms with Crippen molar-refractivity contribution in [3.05, 3.63) is 95.2 Å². The Morgan fingerprint density at radius 2 is 1.86 bits per heavy atom. The van der Waals surface area contributed by atoms with E-state index in [2.05, 4.69) is 15.3 Å². The number of nitrogens with one attached hydrogen (secondary N) is 1. The molecular formula is C34H33ClFN3O5. The Hall–Kier alpha value is -4.47. The first-order valence-electron chi connectivity index (χ1n) is 14.4. The van der Waals surface area contributed by atoms with E-state index in [1.807, 2.05) is 30.3 Å². The zero-order valence-corrected chi connectivity index (χ0v) is 25.1. The normalized spacial score (nSPS) is 11.1. The Bertz CT molecular complexity index is 1740. The van der Waals surface area contributed by atoms with E-state index in [1.165, 1.54) is 18.5 Å². The van der Waals surface area contributed by atoms with E-state index in [1.54, 1.807) is 31.4 Å². The van der Waals surface area contributed by atoms with Crippen molar-refractivity contribution in [3.8, 4) is 22.8 Å². The highest BCUT2D eigenvalue weighted by Crippen LogP contribution is 2.38. The number of aliphatic hydroxyl groups excluding tert-OH is 1. The predicted molar refractivity (Wildman–Crippen MR) is 168 cm³/mol. The van der Waals surface area contributed by atoms with Crippen molar-refractivity contribution in [3.63, 3.8) is 0 Å². The molecule has 0 radical (unpaired) electrons. The third-order valence-electron chi connectivity index (χ3n) is 7.17. The summed E-state index contributed by atoms with van der Waals surface area (Å²) >= 11 is 6.51. The smallest absolute Gasteiger partial charge is 0.158 e. The van der Waals surface area contributed by atoms with Gasteiger partial charge in [-0.05, 0) is 66.9 Å². The molecule has 0 atom stereocenters. The van der Waals surface area contributed by atoms with Crippen molar-refractivity contribution in [2.75, 3.05) is 19.0 Å². The van der Waals surface area contributed by atoms with Crippen molar-refractivity contribution in [1.29, 1.82) is 0 Å². The lowest BCUT2D eigenvalue weighted by Crippen LogP contribution is -2.02. The molecule has 0 bridgehead atoms. The molecule has 0 saturated carbocycles. The molecule has 10 heteroatoms. The molecule has 0 fully saturated rings. The molecule has 0 aliphatic heterocycles. The van der Waals surface area contributed by atoms with Crippen LogP contribution in [0.4, 0.5) is 15.9 Å². The van der Waals surface area contributed by atoms with Crippen molar-refractivity contribution < 1.29 is 28.2 Å². The molecule has 0 saturated heterocycles. The number of nitrogens with zero attached hydrogens (tertiary/aromatic N) is 2. The van der Waals surface area contributed by atoms with Gasteiger partial charge in [0.25, 0.3) is 0 Å². The monoisotopic (exact) mass is 617 g/mol. The number of hydrogen-bond acceptors (Lipinski definition) is 8. The topological polar surface area (TPSA) is 107 Å². The summed E-state index contributed by atoms with van der Waals surface area (Å²) in [4.78, 5) is 20.2. The van der Waals surface area contributed by atoms with Crippen LogP contribution in [0.5, 0.6) is 11.5 Å². The van der Waals surface area contributed by atoms with E-state index < -0.39 is 0 Å². The van der Waals surface area contributed by atoms with Crippen LogP contribution in [-0.4, -0.2) is 34.6 Å². The number of methoxy groups -OCH3 is 1. The number of furan rings is 1. The number of halogens is 2. The second-order valence-corrected chi connectivity index (χ2v) is 10.8. The SMILES string of the molecule is COc1cc2ncnc(Nc3ccc(OCc4cccc(F)c4)c(Cl)c3)c2cc1-c1ccc(CCCCCCC(=O)CO)o1. The molecule has 5 aromatic rings. The van der Waals surface area contributed by atoms with Gasteiger partial charge in [0.15, 0.2) is 5.78 Å². The third-order valence-corrected chi connectivity index (χ3v) is 7.46. The number of carbonyl (C=O) groups excluding carboxylic acids is 1. The van der Waals surface area contributed by atoms with Gasteiger partial charge in [-0.25, -0.2) is 14.4 Å². The van der Waals surface area contributed by atoms with Gasteiger partial charge in [-0.2, -0.15) is 0 Å². The first-order valence-corrected chi connectivity index (χ1v) is 14.8. The Kier molecular flexibility index (Phi) is 10.4. The largest absolute Gasteiger partial charge is 0.496 e. The molecule has 2 N–H and O–H groups in total. The zero-order valence-electron chi connectivity index (χ0n) is 24.3.